The lowest BCUT2D eigenvalue weighted by Gasteiger charge is -2.25. The van der Waals surface area contributed by atoms with Crippen molar-refractivity contribution in [1.82, 2.24) is 0 Å². The number of para-hydroxylation sites is 2. The number of nitro groups is 1. The number of esters is 1. The van der Waals surface area contributed by atoms with Crippen molar-refractivity contribution >= 4 is 11.7 Å². The molecule has 3 aromatic carbocycles. The van der Waals surface area contributed by atoms with Crippen LogP contribution in [0.15, 0.2) is 78.9 Å². The Bertz CT molecular complexity index is 1040. The minimum atomic E-state index is -1.19. The Morgan fingerprint density at radius 3 is 2.22 bits per heavy atom. The molecule has 8 heteroatoms. The summed E-state index contributed by atoms with van der Waals surface area (Å²) in [6, 6.07) is 21.2. The van der Waals surface area contributed by atoms with Crippen molar-refractivity contribution in [1.29, 1.82) is 0 Å². The topological polar surface area (TPSA) is 108 Å². The van der Waals surface area contributed by atoms with E-state index in [4.69, 9.17) is 14.2 Å². The maximum atomic E-state index is 12.3. The lowest BCUT2D eigenvalue weighted by atomic mass is 10.0. The second-order valence-electron chi connectivity index (χ2n) is 6.80. The number of carbonyl (C=O) groups is 1. The molecule has 0 heterocycles. The number of hydrogen-bond donors (Lipinski definition) is 1. The van der Waals surface area contributed by atoms with Gasteiger partial charge >= 0.3 is 5.97 Å². The van der Waals surface area contributed by atoms with Gasteiger partial charge in [-0.2, -0.15) is 0 Å². The van der Waals surface area contributed by atoms with Gasteiger partial charge in [-0.15, -0.1) is 0 Å². The lowest BCUT2D eigenvalue weighted by Crippen LogP contribution is -2.29. The van der Waals surface area contributed by atoms with E-state index >= 15 is 0 Å². The number of rotatable bonds is 10. The molecule has 0 saturated heterocycles. The van der Waals surface area contributed by atoms with Gasteiger partial charge in [-0.05, 0) is 36.8 Å². The molecule has 0 saturated carbocycles. The summed E-state index contributed by atoms with van der Waals surface area (Å²) in [5, 5.41) is 21.6. The molecular formula is C24H23NO7. The second-order valence-corrected chi connectivity index (χ2v) is 6.80. The van der Waals surface area contributed by atoms with Crippen LogP contribution in [0.25, 0.3) is 0 Å². The molecule has 0 spiro atoms. The number of carbonyl (C=O) groups excluding carboxylic acids is 1. The minimum Gasteiger partial charge on any atom is -0.490 e. The minimum absolute atomic E-state index is 0.132. The fraction of sp³-hybridized carbons (Fsp3) is 0.208. The number of hydrogen-bond acceptors (Lipinski definition) is 7. The molecule has 2 atom stereocenters. The highest BCUT2D eigenvalue weighted by Crippen LogP contribution is 2.32. The van der Waals surface area contributed by atoms with E-state index in [1.165, 1.54) is 24.3 Å². The first-order valence-electron chi connectivity index (χ1n) is 10.0. The Hall–Kier alpha value is -3.91. The number of non-ortho nitro benzene ring substituents is 1. The molecule has 0 fully saturated rings. The summed E-state index contributed by atoms with van der Waals surface area (Å²) in [6.07, 6.45) is -2.02. The molecule has 0 amide bonds. The van der Waals surface area contributed by atoms with Gasteiger partial charge in [0.2, 0.25) is 0 Å². The number of benzene rings is 3. The van der Waals surface area contributed by atoms with Gasteiger partial charge in [0.05, 0.1) is 17.1 Å². The predicted octanol–water partition coefficient (Wildman–Crippen LogP) is 4.33. The first kappa shape index (κ1) is 22.8. The van der Waals surface area contributed by atoms with Gasteiger partial charge in [-0.1, -0.05) is 42.5 Å². The molecule has 8 nitrogen and oxygen atoms in total. The Morgan fingerprint density at radius 1 is 0.969 bits per heavy atom. The predicted molar refractivity (Wildman–Crippen MR) is 117 cm³/mol. The van der Waals surface area contributed by atoms with E-state index < -0.39 is 23.1 Å². The van der Waals surface area contributed by atoms with E-state index in [2.05, 4.69) is 0 Å². The summed E-state index contributed by atoms with van der Waals surface area (Å²) in [5.41, 5.74) is 0.700. The molecule has 32 heavy (non-hydrogen) atoms. The molecule has 0 aliphatic rings. The van der Waals surface area contributed by atoms with E-state index in [-0.39, 0.29) is 17.9 Å². The molecule has 3 aromatic rings. The van der Waals surface area contributed by atoms with E-state index in [0.717, 1.165) is 0 Å². The number of aliphatic hydroxyl groups is 1. The first-order valence-corrected chi connectivity index (χ1v) is 10.0. The average Bonchev–Trinajstić information content (AvgIpc) is 2.82. The van der Waals surface area contributed by atoms with Crippen LogP contribution in [0.4, 0.5) is 5.69 Å². The van der Waals surface area contributed by atoms with Crippen molar-refractivity contribution in [2.75, 3.05) is 13.2 Å². The van der Waals surface area contributed by atoms with Crippen molar-refractivity contribution < 1.29 is 29.0 Å². The maximum absolute atomic E-state index is 12.3. The fourth-order valence-corrected chi connectivity index (χ4v) is 3.02. The van der Waals surface area contributed by atoms with Gasteiger partial charge in [0.25, 0.3) is 5.69 Å². The third kappa shape index (κ3) is 5.83. The Kier molecular flexibility index (Phi) is 7.77. The Morgan fingerprint density at radius 2 is 1.59 bits per heavy atom. The number of nitro benzene ring substituents is 1. The van der Waals surface area contributed by atoms with E-state index in [9.17, 15) is 20.0 Å². The zero-order chi connectivity index (χ0) is 22.9. The van der Waals surface area contributed by atoms with Crippen LogP contribution in [0.2, 0.25) is 0 Å². The SMILES string of the molecule is CCOc1ccccc1OC(c1ccccc1)[C@H](O)COC(=O)c1ccc([N+](=O)[O-])cc1. The van der Waals surface area contributed by atoms with Gasteiger partial charge in [-0.3, -0.25) is 10.1 Å². The highest BCUT2D eigenvalue weighted by molar-refractivity contribution is 5.89. The zero-order valence-electron chi connectivity index (χ0n) is 17.4. The van der Waals surface area contributed by atoms with Gasteiger partial charge in [0, 0.05) is 12.1 Å². The van der Waals surface area contributed by atoms with Crippen molar-refractivity contribution in [3.63, 3.8) is 0 Å². The summed E-state index contributed by atoms with van der Waals surface area (Å²) in [4.78, 5) is 22.5. The van der Waals surface area contributed by atoms with Gasteiger partial charge in [-0.25, -0.2) is 4.79 Å². The highest BCUT2D eigenvalue weighted by Gasteiger charge is 2.26. The van der Waals surface area contributed by atoms with E-state index in [0.29, 0.717) is 23.7 Å². The summed E-state index contributed by atoms with van der Waals surface area (Å²) in [5.74, 6) is 0.274. The van der Waals surface area contributed by atoms with Crippen molar-refractivity contribution in [3.05, 3.63) is 100 Å². The van der Waals surface area contributed by atoms with Crippen LogP contribution in [-0.4, -0.2) is 35.3 Å². The lowest BCUT2D eigenvalue weighted by molar-refractivity contribution is -0.384. The van der Waals surface area contributed by atoms with Crippen LogP contribution in [0.3, 0.4) is 0 Å². The molecule has 0 aliphatic heterocycles. The van der Waals surface area contributed by atoms with Crippen LogP contribution in [0.1, 0.15) is 28.9 Å². The van der Waals surface area contributed by atoms with Crippen LogP contribution >= 0.6 is 0 Å². The molecule has 3 rings (SSSR count). The third-order valence-corrected chi connectivity index (χ3v) is 4.58. The molecular weight excluding hydrogens is 414 g/mol. The molecule has 0 radical (unpaired) electrons. The molecule has 0 bridgehead atoms. The van der Waals surface area contributed by atoms with Crippen molar-refractivity contribution in [3.8, 4) is 11.5 Å². The van der Waals surface area contributed by atoms with Gasteiger partial charge in [0.1, 0.15) is 12.7 Å². The second kappa shape index (κ2) is 10.9. The zero-order valence-corrected chi connectivity index (χ0v) is 17.4. The Labute approximate surface area is 185 Å². The smallest absolute Gasteiger partial charge is 0.338 e. The molecule has 0 aliphatic carbocycles. The fourth-order valence-electron chi connectivity index (χ4n) is 3.02. The normalized spacial score (nSPS) is 12.4. The number of aliphatic hydroxyl groups excluding tert-OH is 1. The maximum Gasteiger partial charge on any atom is 0.338 e. The molecule has 1 N–H and O–H groups in total. The summed E-state index contributed by atoms with van der Waals surface area (Å²) in [6.45, 7) is 1.97. The van der Waals surface area contributed by atoms with Gasteiger partial charge < -0.3 is 19.3 Å². The number of nitrogens with zero attached hydrogens (tertiary/aromatic N) is 1. The highest BCUT2D eigenvalue weighted by atomic mass is 16.6. The van der Waals surface area contributed by atoms with Crippen molar-refractivity contribution in [2.24, 2.45) is 0 Å². The largest absolute Gasteiger partial charge is 0.490 e. The summed E-state index contributed by atoms with van der Waals surface area (Å²) >= 11 is 0. The van der Waals surface area contributed by atoms with Crippen LogP contribution in [0, 0.1) is 10.1 Å². The van der Waals surface area contributed by atoms with Crippen LogP contribution in [0.5, 0.6) is 11.5 Å². The third-order valence-electron chi connectivity index (χ3n) is 4.58. The Balaban J connectivity index is 1.74. The van der Waals surface area contributed by atoms with Gasteiger partial charge in [0.15, 0.2) is 17.6 Å². The van der Waals surface area contributed by atoms with Crippen LogP contribution in [-0.2, 0) is 4.74 Å². The standard InChI is InChI=1S/C24H23NO7/c1-2-30-21-10-6-7-11-22(21)32-23(17-8-4-3-5-9-17)20(26)16-31-24(27)18-12-14-19(15-13-18)25(28)29/h3-15,20,23,26H,2,16H2,1H3/t20-,23?/m1/s1. The molecule has 166 valence electrons. The van der Waals surface area contributed by atoms with Crippen molar-refractivity contribution in [2.45, 2.75) is 19.1 Å². The van der Waals surface area contributed by atoms with Crippen LogP contribution < -0.4 is 9.47 Å². The van der Waals surface area contributed by atoms with E-state index in [1.807, 2.05) is 31.2 Å². The number of ether oxygens (including phenoxy) is 3. The monoisotopic (exact) mass is 437 g/mol. The first-order chi connectivity index (χ1) is 15.5. The molecule has 1 unspecified atom stereocenters. The summed E-state index contributed by atoms with van der Waals surface area (Å²) in [7, 11) is 0. The van der Waals surface area contributed by atoms with E-state index in [1.54, 1.807) is 30.3 Å². The summed E-state index contributed by atoms with van der Waals surface area (Å²) < 4.78 is 16.9. The quantitative estimate of drug-likeness (QED) is 0.286. The average molecular weight is 437 g/mol. The molecule has 0 aromatic heterocycles.